The molecular weight excluding hydrogens is 218 g/mol. The molecule has 0 aromatic rings. The maximum atomic E-state index is 6.32. The van der Waals surface area contributed by atoms with Crippen LogP contribution in [-0.2, 0) is 0 Å². The third-order valence-electron chi connectivity index (χ3n) is 6.03. The Morgan fingerprint density at radius 3 is 2.17 bits per heavy atom. The largest absolute Gasteiger partial charge is 0.324 e. The van der Waals surface area contributed by atoms with Gasteiger partial charge in [0, 0.05) is 6.04 Å². The van der Waals surface area contributed by atoms with Crippen LogP contribution in [0.25, 0.3) is 0 Å². The third kappa shape index (κ3) is 1.95. The fourth-order valence-corrected chi connectivity index (χ4v) is 6.55. The van der Waals surface area contributed by atoms with Crippen molar-refractivity contribution in [2.45, 2.75) is 71.8 Å². The second-order valence-corrected chi connectivity index (χ2v) is 8.79. The van der Waals surface area contributed by atoms with E-state index in [1.54, 1.807) is 0 Å². The summed E-state index contributed by atoms with van der Waals surface area (Å²) in [5.74, 6) is 0.980. The van der Waals surface area contributed by atoms with Crippen molar-refractivity contribution < 1.29 is 0 Å². The van der Waals surface area contributed by atoms with Crippen molar-refractivity contribution in [1.29, 1.82) is 0 Å². The third-order valence-corrected chi connectivity index (χ3v) is 6.03. The van der Waals surface area contributed by atoms with Crippen molar-refractivity contribution >= 4 is 0 Å². The van der Waals surface area contributed by atoms with Crippen molar-refractivity contribution in [3.63, 3.8) is 0 Å². The van der Waals surface area contributed by atoms with Crippen LogP contribution in [0.5, 0.6) is 0 Å². The SMILES string of the molecule is C=C(C)C(N)CC12CC3CC(C)(CC(C)(C3)C1)C2. The van der Waals surface area contributed by atoms with E-state index in [0.717, 1.165) is 5.92 Å². The summed E-state index contributed by atoms with van der Waals surface area (Å²) in [5.41, 5.74) is 9.26. The maximum absolute atomic E-state index is 6.32. The molecule has 1 nitrogen and oxygen atoms in total. The zero-order chi connectivity index (χ0) is 13.2. The molecule has 0 aromatic carbocycles. The molecular formula is C17H29N. The molecule has 0 saturated heterocycles. The normalized spacial score (nSPS) is 51.4. The monoisotopic (exact) mass is 247 g/mol. The lowest BCUT2D eigenvalue weighted by Gasteiger charge is -2.66. The average Bonchev–Trinajstić information content (AvgIpc) is 2.09. The van der Waals surface area contributed by atoms with Gasteiger partial charge in [0.1, 0.15) is 0 Å². The first kappa shape index (κ1) is 12.7. The first-order valence-electron chi connectivity index (χ1n) is 7.64. The molecule has 18 heavy (non-hydrogen) atoms. The van der Waals surface area contributed by atoms with Gasteiger partial charge in [-0.05, 0) is 74.0 Å². The molecule has 0 aliphatic heterocycles. The molecule has 0 spiro atoms. The predicted molar refractivity (Wildman–Crippen MR) is 77.2 cm³/mol. The summed E-state index contributed by atoms with van der Waals surface area (Å²) in [7, 11) is 0. The van der Waals surface area contributed by atoms with Crippen LogP contribution in [0, 0.1) is 22.2 Å². The first-order chi connectivity index (χ1) is 8.23. The van der Waals surface area contributed by atoms with E-state index in [-0.39, 0.29) is 6.04 Å². The second-order valence-electron chi connectivity index (χ2n) is 8.79. The highest BCUT2D eigenvalue weighted by molar-refractivity contribution is 5.13. The van der Waals surface area contributed by atoms with Gasteiger partial charge in [-0.25, -0.2) is 0 Å². The van der Waals surface area contributed by atoms with Crippen LogP contribution < -0.4 is 5.73 Å². The van der Waals surface area contributed by atoms with Gasteiger partial charge in [-0.3, -0.25) is 0 Å². The number of hydrogen-bond donors (Lipinski definition) is 1. The van der Waals surface area contributed by atoms with E-state index in [9.17, 15) is 0 Å². The molecule has 4 saturated carbocycles. The Balaban J connectivity index is 1.87. The topological polar surface area (TPSA) is 26.0 Å². The molecule has 0 amide bonds. The van der Waals surface area contributed by atoms with Gasteiger partial charge in [-0.2, -0.15) is 0 Å². The van der Waals surface area contributed by atoms with Crippen molar-refractivity contribution in [2.24, 2.45) is 27.9 Å². The van der Waals surface area contributed by atoms with Gasteiger partial charge >= 0.3 is 0 Å². The zero-order valence-corrected chi connectivity index (χ0v) is 12.4. The summed E-state index contributed by atoms with van der Waals surface area (Å²) >= 11 is 0. The highest BCUT2D eigenvalue weighted by Crippen LogP contribution is 2.70. The average molecular weight is 247 g/mol. The lowest BCUT2D eigenvalue weighted by molar-refractivity contribution is -0.148. The highest BCUT2D eigenvalue weighted by atomic mass is 14.7. The van der Waals surface area contributed by atoms with Gasteiger partial charge < -0.3 is 5.73 Å². The Kier molecular flexibility index (Phi) is 2.56. The lowest BCUT2D eigenvalue weighted by Crippen LogP contribution is -2.56. The minimum Gasteiger partial charge on any atom is -0.324 e. The van der Waals surface area contributed by atoms with Crippen LogP contribution >= 0.6 is 0 Å². The Morgan fingerprint density at radius 1 is 1.17 bits per heavy atom. The van der Waals surface area contributed by atoms with E-state index in [2.05, 4.69) is 27.4 Å². The van der Waals surface area contributed by atoms with Gasteiger partial charge in [-0.15, -0.1) is 0 Å². The van der Waals surface area contributed by atoms with Crippen molar-refractivity contribution in [2.75, 3.05) is 0 Å². The maximum Gasteiger partial charge on any atom is 0.0253 e. The van der Waals surface area contributed by atoms with E-state index in [0.29, 0.717) is 16.2 Å². The molecule has 4 aliphatic rings. The van der Waals surface area contributed by atoms with Gasteiger partial charge in [0.15, 0.2) is 0 Å². The van der Waals surface area contributed by atoms with E-state index in [4.69, 9.17) is 5.73 Å². The molecule has 2 N–H and O–H groups in total. The molecule has 1 heteroatoms. The van der Waals surface area contributed by atoms with E-state index in [1.165, 1.54) is 50.5 Å². The molecule has 3 unspecified atom stereocenters. The summed E-state index contributed by atoms with van der Waals surface area (Å²) in [5, 5.41) is 0. The summed E-state index contributed by atoms with van der Waals surface area (Å²) in [4.78, 5) is 0. The van der Waals surface area contributed by atoms with Crippen molar-refractivity contribution in [3.05, 3.63) is 12.2 Å². The number of hydrogen-bond acceptors (Lipinski definition) is 1. The van der Waals surface area contributed by atoms with E-state index in [1.807, 2.05) is 0 Å². The molecule has 4 rings (SSSR count). The lowest BCUT2D eigenvalue weighted by atomic mass is 9.39. The summed E-state index contributed by atoms with van der Waals surface area (Å²) in [6.07, 6.45) is 9.89. The van der Waals surface area contributed by atoms with Crippen LogP contribution in [0.3, 0.4) is 0 Å². The molecule has 102 valence electrons. The van der Waals surface area contributed by atoms with Gasteiger partial charge in [0.2, 0.25) is 0 Å². The first-order valence-corrected chi connectivity index (χ1v) is 7.64. The summed E-state index contributed by atoms with van der Waals surface area (Å²) in [6, 6.07) is 0.216. The smallest absolute Gasteiger partial charge is 0.0253 e. The molecule has 0 aromatic heterocycles. The van der Waals surface area contributed by atoms with Crippen LogP contribution in [-0.4, -0.2) is 6.04 Å². The Morgan fingerprint density at radius 2 is 1.72 bits per heavy atom. The van der Waals surface area contributed by atoms with E-state index >= 15 is 0 Å². The Hall–Kier alpha value is -0.300. The van der Waals surface area contributed by atoms with Crippen LogP contribution in [0.1, 0.15) is 65.7 Å². The molecule has 4 fully saturated rings. The molecule has 0 heterocycles. The molecule has 3 atom stereocenters. The minimum atomic E-state index is 0.216. The summed E-state index contributed by atoms with van der Waals surface area (Å²) in [6.45, 7) is 11.2. The fraction of sp³-hybridized carbons (Fsp3) is 0.882. The van der Waals surface area contributed by atoms with Gasteiger partial charge in [0.05, 0.1) is 0 Å². The van der Waals surface area contributed by atoms with Gasteiger partial charge in [-0.1, -0.05) is 26.0 Å². The predicted octanol–water partition coefficient (Wildman–Crippen LogP) is 4.28. The van der Waals surface area contributed by atoms with Crippen LogP contribution in [0.15, 0.2) is 12.2 Å². The molecule has 4 aliphatic carbocycles. The minimum absolute atomic E-state index is 0.216. The van der Waals surface area contributed by atoms with Gasteiger partial charge in [0.25, 0.3) is 0 Å². The van der Waals surface area contributed by atoms with Crippen LogP contribution in [0.2, 0.25) is 0 Å². The zero-order valence-electron chi connectivity index (χ0n) is 12.4. The quantitative estimate of drug-likeness (QED) is 0.740. The van der Waals surface area contributed by atoms with Crippen LogP contribution in [0.4, 0.5) is 0 Å². The van der Waals surface area contributed by atoms with Crippen molar-refractivity contribution in [3.8, 4) is 0 Å². The Labute approximate surface area is 112 Å². The number of nitrogens with two attached hydrogens (primary N) is 1. The standard InChI is InChI=1S/C17H29N/c1-12(2)14(18)8-17-7-13-5-15(3,10-17)9-16(4,6-13)11-17/h13-14H,1,5-11,18H2,2-4H3. The van der Waals surface area contributed by atoms with E-state index < -0.39 is 0 Å². The highest BCUT2D eigenvalue weighted by Gasteiger charge is 2.59. The second kappa shape index (κ2) is 3.62. The Bertz CT molecular complexity index is 365. The van der Waals surface area contributed by atoms with Crippen molar-refractivity contribution in [1.82, 2.24) is 0 Å². The number of rotatable bonds is 3. The molecule has 0 radical (unpaired) electrons. The summed E-state index contributed by atoms with van der Waals surface area (Å²) < 4.78 is 0. The molecule has 4 bridgehead atoms. The fourth-order valence-electron chi connectivity index (χ4n) is 6.55.